The predicted molar refractivity (Wildman–Crippen MR) is 72.3 cm³/mol. The fraction of sp³-hybridized carbons (Fsp3) is 0.200. The molecule has 0 unspecified atom stereocenters. The number of hydrogen-bond acceptors (Lipinski definition) is 5. The second-order valence-corrected chi connectivity index (χ2v) is 4.90. The molecule has 100 valence electrons. The van der Waals surface area contributed by atoms with Gasteiger partial charge in [-0.05, 0) is 18.2 Å². The van der Waals surface area contributed by atoms with E-state index in [9.17, 15) is 14.2 Å². The van der Waals surface area contributed by atoms with Gasteiger partial charge in [-0.15, -0.1) is 0 Å². The predicted octanol–water partition coefficient (Wildman–Crippen LogP) is -0.699. The van der Waals surface area contributed by atoms with E-state index in [4.69, 9.17) is 9.79 Å². The fourth-order valence-corrected chi connectivity index (χ4v) is 1.87. The molecule has 0 spiro atoms. The quantitative estimate of drug-likeness (QED) is 0.430. The van der Waals surface area contributed by atoms with Gasteiger partial charge in [0.05, 0.1) is 30.7 Å². The van der Waals surface area contributed by atoms with E-state index in [2.05, 4.69) is 9.47 Å². The Morgan fingerprint density at radius 2 is 1.30 bits per heavy atom. The van der Waals surface area contributed by atoms with E-state index in [1.807, 2.05) is 0 Å². The first-order valence-corrected chi connectivity index (χ1v) is 6.28. The number of carbonyl (C=O) groups excluding carboxylic acids is 2. The summed E-state index contributed by atoms with van der Waals surface area (Å²) in [5, 5.41) is -0.453. The molecular weight excluding hydrogens is 309 g/mol. The average Bonchev–Trinajstić information content (AvgIpc) is 2.35. The molecule has 2 N–H and O–H groups in total. The van der Waals surface area contributed by atoms with E-state index < -0.39 is 24.8 Å². The monoisotopic (exact) mass is 320 g/mol. The Morgan fingerprint density at radius 3 is 1.55 bits per heavy atom. The van der Waals surface area contributed by atoms with E-state index in [0.717, 1.165) is 32.4 Å². The number of benzene rings is 1. The van der Waals surface area contributed by atoms with Crippen molar-refractivity contribution in [2.45, 2.75) is 0 Å². The SMILES string of the molecule is COC(=O)c1cc(C(=O)OC)cc(P(=O)(O)O)c1.[Na].[Na]. The molecule has 0 heterocycles. The second-order valence-electron chi connectivity index (χ2n) is 3.30. The zero-order chi connectivity index (χ0) is 13.9. The summed E-state index contributed by atoms with van der Waals surface area (Å²) in [5.74, 6) is -1.62. The third-order valence-corrected chi connectivity index (χ3v) is 3.03. The number of ether oxygens (including phenoxy) is 2. The van der Waals surface area contributed by atoms with Gasteiger partial charge in [-0.25, -0.2) is 9.59 Å². The van der Waals surface area contributed by atoms with E-state index >= 15 is 0 Å². The van der Waals surface area contributed by atoms with Crippen LogP contribution in [0.15, 0.2) is 18.2 Å². The molecule has 1 rings (SSSR count). The van der Waals surface area contributed by atoms with Gasteiger partial charge in [-0.1, -0.05) is 0 Å². The molecule has 1 aromatic rings. The number of esters is 2. The zero-order valence-corrected chi connectivity index (χ0v) is 16.5. The molecular formula is C10H11Na2O7P. The normalized spacial score (nSPS) is 9.80. The summed E-state index contributed by atoms with van der Waals surface area (Å²) in [6.07, 6.45) is 0. The first-order chi connectivity index (χ1) is 8.29. The van der Waals surface area contributed by atoms with Crippen molar-refractivity contribution in [1.29, 1.82) is 0 Å². The Kier molecular flexibility index (Phi) is 10.6. The largest absolute Gasteiger partial charge is 0.465 e. The van der Waals surface area contributed by atoms with Crippen LogP contribution in [0.2, 0.25) is 0 Å². The minimum atomic E-state index is -4.59. The van der Waals surface area contributed by atoms with Crippen LogP contribution in [-0.4, -0.2) is 95.1 Å². The number of rotatable bonds is 3. The van der Waals surface area contributed by atoms with Crippen LogP contribution in [0.25, 0.3) is 0 Å². The van der Waals surface area contributed by atoms with Gasteiger partial charge in [-0.2, -0.15) is 0 Å². The van der Waals surface area contributed by atoms with Gasteiger partial charge in [0.1, 0.15) is 0 Å². The Bertz CT molecular complexity index is 506. The first-order valence-electron chi connectivity index (χ1n) is 4.67. The molecule has 0 saturated heterocycles. The number of hydrogen-bond donors (Lipinski definition) is 2. The molecule has 0 fully saturated rings. The van der Waals surface area contributed by atoms with Crippen LogP contribution in [0.4, 0.5) is 0 Å². The van der Waals surface area contributed by atoms with E-state index in [-0.39, 0.29) is 70.2 Å². The van der Waals surface area contributed by atoms with Crippen LogP contribution in [0, 0.1) is 0 Å². The number of carbonyl (C=O) groups is 2. The molecule has 0 aromatic heterocycles. The van der Waals surface area contributed by atoms with Crippen LogP contribution in [0.3, 0.4) is 0 Å². The Morgan fingerprint density at radius 1 is 0.950 bits per heavy atom. The van der Waals surface area contributed by atoms with Gasteiger partial charge in [-0.3, -0.25) is 4.57 Å². The maximum Gasteiger partial charge on any atom is 0.356 e. The standard InChI is InChI=1S/C10H11O7P.2Na/c1-16-9(11)6-3-7(10(12)17-2)5-8(4-6)18(13,14)15;;/h3-5H,1-2H3,(H2,13,14,15);;. The summed E-state index contributed by atoms with van der Waals surface area (Å²) in [6, 6.07) is 3.08. The second kappa shape index (κ2) is 9.35. The molecule has 0 saturated carbocycles. The van der Waals surface area contributed by atoms with Gasteiger partial charge in [0.2, 0.25) is 0 Å². The van der Waals surface area contributed by atoms with Crippen LogP contribution in [0.5, 0.6) is 0 Å². The van der Waals surface area contributed by atoms with Crippen LogP contribution in [0.1, 0.15) is 20.7 Å². The summed E-state index contributed by atoms with van der Waals surface area (Å²) in [4.78, 5) is 40.8. The van der Waals surface area contributed by atoms with E-state index in [1.54, 1.807) is 0 Å². The molecule has 0 aliphatic rings. The van der Waals surface area contributed by atoms with Gasteiger partial charge in [0.15, 0.2) is 0 Å². The molecule has 2 radical (unpaired) electrons. The van der Waals surface area contributed by atoms with Crippen molar-refractivity contribution in [3.63, 3.8) is 0 Å². The van der Waals surface area contributed by atoms with Gasteiger partial charge in [0.25, 0.3) is 0 Å². The minimum Gasteiger partial charge on any atom is -0.465 e. The zero-order valence-electron chi connectivity index (χ0n) is 11.6. The van der Waals surface area contributed by atoms with E-state index in [0.29, 0.717) is 0 Å². The molecule has 10 heteroatoms. The smallest absolute Gasteiger partial charge is 0.356 e. The molecule has 0 aliphatic carbocycles. The Hall–Kier alpha value is 0.310. The minimum absolute atomic E-state index is 0. The van der Waals surface area contributed by atoms with Crippen molar-refractivity contribution in [2.75, 3.05) is 14.2 Å². The third-order valence-electron chi connectivity index (χ3n) is 2.10. The molecule has 1 aromatic carbocycles. The summed E-state index contributed by atoms with van der Waals surface area (Å²) in [5.41, 5.74) is -0.280. The van der Waals surface area contributed by atoms with Crippen molar-refractivity contribution in [1.82, 2.24) is 0 Å². The molecule has 0 atom stereocenters. The van der Waals surface area contributed by atoms with Crippen LogP contribution < -0.4 is 5.30 Å². The molecule has 7 nitrogen and oxygen atoms in total. The van der Waals surface area contributed by atoms with Crippen LogP contribution >= 0.6 is 7.60 Å². The van der Waals surface area contributed by atoms with Gasteiger partial charge < -0.3 is 19.3 Å². The third kappa shape index (κ3) is 5.97. The van der Waals surface area contributed by atoms with Crippen molar-refractivity contribution in [3.8, 4) is 0 Å². The number of methoxy groups -OCH3 is 2. The van der Waals surface area contributed by atoms with Gasteiger partial charge >= 0.3 is 19.5 Å². The average molecular weight is 320 g/mol. The van der Waals surface area contributed by atoms with Crippen molar-refractivity contribution in [2.24, 2.45) is 0 Å². The van der Waals surface area contributed by atoms with Crippen LogP contribution in [-0.2, 0) is 14.0 Å². The van der Waals surface area contributed by atoms with Crippen molar-refractivity contribution < 1.29 is 33.4 Å². The van der Waals surface area contributed by atoms with Gasteiger partial charge in [0, 0.05) is 59.1 Å². The maximum absolute atomic E-state index is 11.3. The molecule has 0 bridgehead atoms. The summed E-state index contributed by atoms with van der Waals surface area (Å²) < 4.78 is 20.0. The molecule has 0 amide bonds. The Labute approximate surface area is 159 Å². The topological polar surface area (TPSA) is 110 Å². The molecule has 20 heavy (non-hydrogen) atoms. The summed E-state index contributed by atoms with van der Waals surface area (Å²) in [7, 11) is -2.36. The van der Waals surface area contributed by atoms with E-state index in [1.165, 1.54) is 0 Å². The Balaban J connectivity index is 0. The van der Waals surface area contributed by atoms with Crippen molar-refractivity contribution in [3.05, 3.63) is 29.3 Å². The van der Waals surface area contributed by atoms with Crippen molar-refractivity contribution >= 4 is 84.0 Å². The maximum atomic E-state index is 11.3. The summed E-state index contributed by atoms with van der Waals surface area (Å²) in [6.45, 7) is 0. The first kappa shape index (κ1) is 22.6. The molecule has 0 aliphatic heterocycles. The summed E-state index contributed by atoms with van der Waals surface area (Å²) >= 11 is 0. The fourth-order valence-electron chi connectivity index (χ4n) is 1.25.